The number of hydrogen-bond acceptors (Lipinski definition) is 3. The molecule has 1 unspecified atom stereocenters. The SMILES string of the molecule is CCCCCCCCCCCOP(=O)(CCCC)OCCCCCCCCC. The molecule has 0 aliphatic heterocycles. The van der Waals surface area contributed by atoms with Crippen LogP contribution in [0.4, 0.5) is 0 Å². The van der Waals surface area contributed by atoms with Gasteiger partial charge < -0.3 is 9.05 Å². The molecule has 28 heavy (non-hydrogen) atoms. The number of rotatable bonds is 23. The van der Waals surface area contributed by atoms with E-state index in [0.29, 0.717) is 19.4 Å². The van der Waals surface area contributed by atoms with Gasteiger partial charge in [0, 0.05) is 0 Å². The third-order valence-corrected chi connectivity index (χ3v) is 7.37. The van der Waals surface area contributed by atoms with E-state index in [0.717, 1.165) is 25.7 Å². The van der Waals surface area contributed by atoms with Crippen LogP contribution in [-0.4, -0.2) is 19.4 Å². The molecule has 0 aromatic heterocycles. The van der Waals surface area contributed by atoms with E-state index in [1.807, 2.05) is 0 Å². The third-order valence-electron chi connectivity index (χ3n) is 5.36. The lowest BCUT2D eigenvalue weighted by Gasteiger charge is -2.18. The molecule has 3 nitrogen and oxygen atoms in total. The van der Waals surface area contributed by atoms with Gasteiger partial charge >= 0.3 is 7.60 Å². The van der Waals surface area contributed by atoms with E-state index in [1.165, 1.54) is 89.9 Å². The van der Waals surface area contributed by atoms with Gasteiger partial charge in [-0.1, -0.05) is 117 Å². The minimum absolute atomic E-state index is 0.581. The molecular formula is C24H51O3P. The summed E-state index contributed by atoms with van der Waals surface area (Å²) in [7, 11) is -2.88. The van der Waals surface area contributed by atoms with Crippen LogP contribution in [0.1, 0.15) is 136 Å². The van der Waals surface area contributed by atoms with Crippen LogP contribution in [0.5, 0.6) is 0 Å². The molecular weight excluding hydrogens is 367 g/mol. The molecule has 0 fully saturated rings. The van der Waals surface area contributed by atoms with Crippen molar-refractivity contribution < 1.29 is 13.6 Å². The molecule has 0 N–H and O–H groups in total. The van der Waals surface area contributed by atoms with Crippen LogP contribution in [0.2, 0.25) is 0 Å². The maximum absolute atomic E-state index is 12.9. The van der Waals surface area contributed by atoms with Crippen molar-refractivity contribution in [1.29, 1.82) is 0 Å². The summed E-state index contributed by atoms with van der Waals surface area (Å²) in [5.74, 6) is 0. The molecule has 0 heterocycles. The largest absolute Gasteiger partial charge is 0.330 e. The second-order valence-corrected chi connectivity index (χ2v) is 10.5. The normalized spacial score (nSPS) is 13.7. The summed E-state index contributed by atoms with van der Waals surface area (Å²) in [4.78, 5) is 0. The van der Waals surface area contributed by atoms with Crippen LogP contribution in [-0.2, 0) is 13.6 Å². The van der Waals surface area contributed by atoms with Crippen molar-refractivity contribution in [2.75, 3.05) is 19.4 Å². The van der Waals surface area contributed by atoms with Crippen molar-refractivity contribution in [1.82, 2.24) is 0 Å². The van der Waals surface area contributed by atoms with Gasteiger partial charge in [-0.2, -0.15) is 0 Å². The predicted octanol–water partition coefficient (Wildman–Crippen LogP) is 9.29. The van der Waals surface area contributed by atoms with Crippen molar-refractivity contribution in [3.05, 3.63) is 0 Å². The van der Waals surface area contributed by atoms with E-state index < -0.39 is 7.60 Å². The lowest BCUT2D eigenvalue weighted by atomic mass is 10.1. The lowest BCUT2D eigenvalue weighted by molar-refractivity contribution is 0.197. The highest BCUT2D eigenvalue weighted by Crippen LogP contribution is 2.49. The molecule has 0 amide bonds. The van der Waals surface area contributed by atoms with Crippen LogP contribution in [0.3, 0.4) is 0 Å². The van der Waals surface area contributed by atoms with Crippen LogP contribution in [0.25, 0.3) is 0 Å². The summed E-state index contributed by atoms with van der Waals surface area (Å²) in [5, 5.41) is 0. The molecule has 0 saturated heterocycles. The molecule has 0 rings (SSSR count). The quantitative estimate of drug-likeness (QED) is 0.122. The summed E-state index contributed by atoms with van der Waals surface area (Å²) in [6, 6.07) is 0. The van der Waals surface area contributed by atoms with Crippen LogP contribution in [0, 0.1) is 0 Å². The van der Waals surface area contributed by atoms with Crippen LogP contribution in [0.15, 0.2) is 0 Å². The highest BCUT2D eigenvalue weighted by Gasteiger charge is 2.23. The molecule has 0 saturated carbocycles. The molecule has 0 bridgehead atoms. The monoisotopic (exact) mass is 418 g/mol. The van der Waals surface area contributed by atoms with Gasteiger partial charge in [0.2, 0.25) is 0 Å². The zero-order valence-corrected chi connectivity index (χ0v) is 20.4. The van der Waals surface area contributed by atoms with Gasteiger partial charge in [-0.15, -0.1) is 0 Å². The molecule has 0 aromatic carbocycles. The smallest absolute Gasteiger partial charge is 0.309 e. The summed E-state index contributed by atoms with van der Waals surface area (Å²) in [6.07, 6.45) is 22.9. The molecule has 0 aliphatic carbocycles. The predicted molar refractivity (Wildman–Crippen MR) is 125 cm³/mol. The fraction of sp³-hybridized carbons (Fsp3) is 1.00. The first-order chi connectivity index (χ1) is 13.7. The Morgan fingerprint density at radius 1 is 0.464 bits per heavy atom. The molecule has 0 aromatic rings. The van der Waals surface area contributed by atoms with E-state index in [9.17, 15) is 4.57 Å². The van der Waals surface area contributed by atoms with Crippen molar-refractivity contribution in [3.8, 4) is 0 Å². The van der Waals surface area contributed by atoms with Gasteiger partial charge in [0.15, 0.2) is 0 Å². The Labute approximate surface area is 177 Å². The van der Waals surface area contributed by atoms with Crippen molar-refractivity contribution in [2.45, 2.75) is 136 Å². The first-order valence-corrected chi connectivity index (χ1v) is 14.3. The minimum Gasteiger partial charge on any atom is -0.309 e. The highest BCUT2D eigenvalue weighted by atomic mass is 31.2. The third kappa shape index (κ3) is 19.5. The molecule has 4 heteroatoms. The fourth-order valence-corrected chi connectivity index (χ4v) is 5.25. The average Bonchev–Trinajstić information content (AvgIpc) is 2.70. The first-order valence-electron chi connectivity index (χ1n) is 12.6. The Hall–Kier alpha value is 0.150. The Morgan fingerprint density at radius 2 is 0.786 bits per heavy atom. The maximum Gasteiger partial charge on any atom is 0.330 e. The fourth-order valence-electron chi connectivity index (χ4n) is 3.40. The average molecular weight is 419 g/mol. The van der Waals surface area contributed by atoms with Gasteiger partial charge in [0.1, 0.15) is 0 Å². The van der Waals surface area contributed by atoms with E-state index in [1.54, 1.807) is 0 Å². The number of hydrogen-bond donors (Lipinski definition) is 0. The van der Waals surface area contributed by atoms with Crippen molar-refractivity contribution in [3.63, 3.8) is 0 Å². The molecule has 0 radical (unpaired) electrons. The highest BCUT2D eigenvalue weighted by molar-refractivity contribution is 7.53. The Balaban J connectivity index is 3.76. The lowest BCUT2D eigenvalue weighted by Crippen LogP contribution is -2.03. The van der Waals surface area contributed by atoms with E-state index in [4.69, 9.17) is 9.05 Å². The van der Waals surface area contributed by atoms with Crippen molar-refractivity contribution in [2.24, 2.45) is 0 Å². The second kappa shape index (κ2) is 21.8. The van der Waals surface area contributed by atoms with Gasteiger partial charge in [-0.05, 0) is 19.3 Å². The van der Waals surface area contributed by atoms with E-state index in [-0.39, 0.29) is 0 Å². The molecule has 0 aliphatic rings. The maximum atomic E-state index is 12.9. The van der Waals surface area contributed by atoms with E-state index in [2.05, 4.69) is 20.8 Å². The molecule has 0 spiro atoms. The molecule has 1 atom stereocenters. The summed E-state index contributed by atoms with van der Waals surface area (Å²) >= 11 is 0. The Kier molecular flexibility index (Phi) is 22.0. The molecule has 170 valence electrons. The van der Waals surface area contributed by atoms with Crippen LogP contribution >= 0.6 is 7.60 Å². The zero-order valence-electron chi connectivity index (χ0n) is 19.5. The summed E-state index contributed by atoms with van der Waals surface area (Å²) < 4.78 is 24.5. The Morgan fingerprint density at radius 3 is 1.14 bits per heavy atom. The number of unbranched alkanes of at least 4 members (excludes halogenated alkanes) is 15. The second-order valence-electron chi connectivity index (χ2n) is 8.30. The topological polar surface area (TPSA) is 35.5 Å². The van der Waals surface area contributed by atoms with Gasteiger partial charge in [-0.3, -0.25) is 4.57 Å². The van der Waals surface area contributed by atoms with Gasteiger partial charge in [-0.25, -0.2) is 0 Å². The summed E-state index contributed by atoms with van der Waals surface area (Å²) in [5.41, 5.74) is 0. The van der Waals surface area contributed by atoms with Gasteiger partial charge in [0.05, 0.1) is 19.4 Å². The first kappa shape index (κ1) is 28.1. The minimum atomic E-state index is -2.88. The zero-order chi connectivity index (χ0) is 20.8. The van der Waals surface area contributed by atoms with Gasteiger partial charge in [0.25, 0.3) is 0 Å². The standard InChI is InChI=1S/C24H51O3P/c1-4-7-10-12-14-15-17-19-21-23-27-28(25,24-9-6-3)26-22-20-18-16-13-11-8-5-2/h4-24H2,1-3H3. The Bertz CT molecular complexity index is 347. The van der Waals surface area contributed by atoms with Crippen LogP contribution < -0.4 is 0 Å². The van der Waals surface area contributed by atoms with E-state index >= 15 is 0 Å². The van der Waals surface area contributed by atoms with Crippen molar-refractivity contribution >= 4 is 7.60 Å². The summed E-state index contributed by atoms with van der Waals surface area (Å²) in [6.45, 7) is 7.81.